The van der Waals surface area contributed by atoms with Gasteiger partial charge in [0.25, 0.3) is 5.91 Å². The number of anilines is 1. The van der Waals surface area contributed by atoms with Crippen molar-refractivity contribution in [2.45, 2.75) is 52.4 Å². The molecule has 52 heavy (non-hydrogen) atoms. The van der Waals surface area contributed by atoms with Gasteiger partial charge in [-0.3, -0.25) is 4.79 Å². The maximum absolute atomic E-state index is 16.1. The lowest BCUT2D eigenvalue weighted by atomic mass is 10.1. The van der Waals surface area contributed by atoms with Gasteiger partial charge in [0.15, 0.2) is 5.75 Å². The molecule has 1 atom stereocenters. The van der Waals surface area contributed by atoms with Gasteiger partial charge in [0.05, 0.1) is 20.3 Å². The Hall–Kier alpha value is -4.37. The topological polar surface area (TPSA) is 107 Å². The number of carbonyl (C=O) groups excluding carboxylic acids is 2. The molecule has 0 saturated carbocycles. The Kier molecular flexibility index (Phi) is 11.0. The Labute approximate surface area is 321 Å². The maximum Gasteiger partial charge on any atom is 0.410 e. The first kappa shape index (κ1) is 37.4. The van der Waals surface area contributed by atoms with Gasteiger partial charge in [-0.2, -0.15) is 4.39 Å². The normalized spacial score (nSPS) is 15.6. The van der Waals surface area contributed by atoms with Crippen LogP contribution in [0.1, 0.15) is 47.8 Å². The number of pyridine rings is 2. The average molecular weight is 844 g/mol. The van der Waals surface area contributed by atoms with Crippen LogP contribution >= 0.6 is 34.2 Å². The lowest BCUT2D eigenvalue weighted by Gasteiger charge is -2.40. The van der Waals surface area contributed by atoms with E-state index in [2.05, 4.69) is 32.5 Å². The van der Waals surface area contributed by atoms with Crippen molar-refractivity contribution < 1.29 is 32.9 Å². The van der Waals surface area contributed by atoms with E-state index in [0.29, 0.717) is 28.2 Å². The third-order valence-electron chi connectivity index (χ3n) is 8.82. The maximum atomic E-state index is 16.1. The zero-order chi connectivity index (χ0) is 37.3. The Morgan fingerprint density at radius 3 is 2.15 bits per heavy atom. The number of aryl methyl sites for hydroxylation is 1. The van der Waals surface area contributed by atoms with E-state index in [0.717, 1.165) is 28.2 Å². The van der Waals surface area contributed by atoms with Crippen LogP contribution in [0.25, 0.3) is 11.4 Å². The number of benzene rings is 2. The number of nitrogens with zero attached hydrogens (tertiary/aromatic N) is 5. The summed E-state index contributed by atoms with van der Waals surface area (Å²) >= 11 is 9.16. The molecule has 2 aromatic heterocycles. The fraction of sp³-hybridized carbons (Fsp3) is 0.368. The second-order valence-corrected chi connectivity index (χ2v) is 15.1. The minimum atomic E-state index is -1.01. The molecule has 0 bridgehead atoms. The van der Waals surface area contributed by atoms with E-state index in [1.807, 2.05) is 61.5 Å². The average Bonchev–Trinajstić information content (AvgIpc) is 3.27. The molecular weight excluding hydrogens is 804 g/mol. The van der Waals surface area contributed by atoms with E-state index in [4.69, 9.17) is 35.5 Å². The molecule has 2 amide bonds. The van der Waals surface area contributed by atoms with Gasteiger partial charge in [0, 0.05) is 36.3 Å². The number of ether oxygens (including phenoxy) is 4. The molecule has 4 heterocycles. The van der Waals surface area contributed by atoms with Crippen molar-refractivity contribution in [2.24, 2.45) is 0 Å². The summed E-state index contributed by atoms with van der Waals surface area (Å²) in [6.07, 6.45) is -0.488. The molecule has 6 rings (SSSR count). The number of piperazine rings is 1. The molecule has 0 spiro atoms. The molecule has 0 N–H and O–H groups in total. The summed E-state index contributed by atoms with van der Waals surface area (Å²) in [7, 11) is 3.25. The van der Waals surface area contributed by atoms with Crippen LogP contribution in [0.15, 0.2) is 54.6 Å². The van der Waals surface area contributed by atoms with Gasteiger partial charge in [-0.05, 0) is 97.3 Å². The highest BCUT2D eigenvalue weighted by atomic mass is 127. The Morgan fingerprint density at radius 1 is 1.00 bits per heavy atom. The summed E-state index contributed by atoms with van der Waals surface area (Å²) in [6.45, 7) is 8.85. The van der Waals surface area contributed by atoms with Gasteiger partial charge in [-0.15, -0.1) is 0 Å². The number of hydrogen-bond acceptors (Lipinski definition) is 9. The Bertz CT molecular complexity index is 1930. The van der Waals surface area contributed by atoms with Gasteiger partial charge in [0.1, 0.15) is 51.5 Å². The minimum Gasteiger partial charge on any atom is -0.497 e. The first-order valence-corrected chi connectivity index (χ1v) is 18.2. The number of fused-ring (bicyclic) bond motifs is 2. The predicted octanol–water partition coefficient (Wildman–Crippen LogP) is 7.53. The molecule has 1 saturated heterocycles. The zero-order valence-corrected chi connectivity index (χ0v) is 32.7. The summed E-state index contributed by atoms with van der Waals surface area (Å²) in [5.41, 5.74) is 2.31. The van der Waals surface area contributed by atoms with Crippen LogP contribution in [0, 0.1) is 16.4 Å². The number of halogens is 3. The SMILES string of the molecule is COc1ccc(CN(Cc2ccc(OC)cc2)c2cc(C)c(I)c(-c3nc(F)c4c(c3Cl)OC[C@H]3CN(C(=O)OC(C)(C)C)CCN3C4=O)n2)cc1. The first-order chi connectivity index (χ1) is 24.8. The van der Waals surface area contributed by atoms with Gasteiger partial charge in [-0.25, -0.2) is 14.8 Å². The predicted molar refractivity (Wildman–Crippen MR) is 204 cm³/mol. The third kappa shape index (κ3) is 7.99. The minimum absolute atomic E-state index is 0.0122. The monoisotopic (exact) mass is 843 g/mol. The zero-order valence-electron chi connectivity index (χ0n) is 29.8. The molecule has 0 unspecified atom stereocenters. The van der Waals surface area contributed by atoms with Crippen LogP contribution < -0.4 is 19.1 Å². The summed E-state index contributed by atoms with van der Waals surface area (Å²) < 4.78 is 39.2. The number of carbonyl (C=O) groups is 2. The van der Waals surface area contributed by atoms with Crippen molar-refractivity contribution in [2.75, 3.05) is 45.4 Å². The summed E-state index contributed by atoms with van der Waals surface area (Å²) in [6, 6.07) is 17.0. The highest BCUT2D eigenvalue weighted by Crippen LogP contribution is 2.42. The van der Waals surface area contributed by atoms with Crippen LogP contribution in [0.3, 0.4) is 0 Å². The highest BCUT2D eigenvalue weighted by Gasteiger charge is 2.41. The van der Waals surface area contributed by atoms with E-state index < -0.39 is 29.6 Å². The van der Waals surface area contributed by atoms with E-state index in [-0.39, 0.29) is 48.3 Å². The molecule has 2 aliphatic heterocycles. The quantitative estimate of drug-likeness (QED) is 0.132. The van der Waals surface area contributed by atoms with Crippen LogP contribution in [0.4, 0.5) is 15.0 Å². The van der Waals surface area contributed by atoms with Crippen LogP contribution in [-0.4, -0.2) is 83.9 Å². The summed E-state index contributed by atoms with van der Waals surface area (Å²) in [4.78, 5) is 41.1. The first-order valence-electron chi connectivity index (χ1n) is 16.7. The molecule has 4 aromatic rings. The van der Waals surface area contributed by atoms with E-state index >= 15 is 4.39 Å². The fourth-order valence-corrected chi connectivity index (χ4v) is 6.96. The molecule has 2 aliphatic rings. The molecule has 14 heteroatoms. The number of rotatable bonds is 8. The number of amides is 2. The number of hydrogen-bond donors (Lipinski definition) is 0. The summed E-state index contributed by atoms with van der Waals surface area (Å²) in [5.74, 6) is 0.407. The standard InChI is InChI=1S/C38H40ClFIN5O6/c1-22-17-28(45(18-23-7-11-26(49-5)12-8-23)19-24-9-13-27(50-6)14-10-24)42-33(31(22)41)32-30(39)34-29(35(40)43-32)36(47)46-16-15-44(20-25(46)21-51-34)37(48)52-38(2,3)4/h7-14,17,25H,15-16,18-21H2,1-6H3/t25-/m1/s1. The van der Waals surface area contributed by atoms with E-state index in [9.17, 15) is 9.59 Å². The van der Waals surface area contributed by atoms with Crippen LogP contribution in [0.5, 0.6) is 17.2 Å². The summed E-state index contributed by atoms with van der Waals surface area (Å²) in [5, 5.41) is -0.0209. The van der Waals surface area contributed by atoms with Crippen molar-refractivity contribution in [1.29, 1.82) is 0 Å². The second-order valence-electron chi connectivity index (χ2n) is 13.7. The molecule has 0 aliphatic carbocycles. The molecular formula is C38H40ClFIN5O6. The highest BCUT2D eigenvalue weighted by molar-refractivity contribution is 14.1. The molecule has 0 radical (unpaired) electrons. The number of methoxy groups -OCH3 is 2. The van der Waals surface area contributed by atoms with Gasteiger partial charge in [-0.1, -0.05) is 35.9 Å². The van der Waals surface area contributed by atoms with Crippen molar-refractivity contribution in [3.05, 3.63) is 91.4 Å². The lowest BCUT2D eigenvalue weighted by Crippen LogP contribution is -2.58. The van der Waals surface area contributed by atoms with Crippen molar-refractivity contribution in [1.82, 2.24) is 19.8 Å². The molecule has 274 valence electrons. The van der Waals surface area contributed by atoms with Crippen LogP contribution in [-0.2, 0) is 17.8 Å². The van der Waals surface area contributed by atoms with E-state index in [1.165, 1.54) is 9.80 Å². The number of aromatic nitrogens is 2. The van der Waals surface area contributed by atoms with E-state index in [1.54, 1.807) is 35.0 Å². The Balaban J connectivity index is 1.35. The fourth-order valence-electron chi connectivity index (χ4n) is 6.15. The Morgan fingerprint density at radius 2 is 1.60 bits per heavy atom. The molecule has 1 fully saturated rings. The largest absolute Gasteiger partial charge is 0.497 e. The van der Waals surface area contributed by atoms with Gasteiger partial charge < -0.3 is 33.6 Å². The third-order valence-corrected chi connectivity index (χ3v) is 10.5. The van der Waals surface area contributed by atoms with Crippen molar-refractivity contribution in [3.8, 4) is 28.6 Å². The molecule has 2 aromatic carbocycles. The van der Waals surface area contributed by atoms with Gasteiger partial charge in [0.2, 0.25) is 5.95 Å². The van der Waals surface area contributed by atoms with Crippen molar-refractivity contribution in [3.63, 3.8) is 0 Å². The second kappa shape index (κ2) is 15.3. The van der Waals surface area contributed by atoms with Gasteiger partial charge >= 0.3 is 6.09 Å². The smallest absolute Gasteiger partial charge is 0.410 e. The molecule has 11 nitrogen and oxygen atoms in total. The van der Waals surface area contributed by atoms with Crippen LogP contribution in [0.2, 0.25) is 5.02 Å². The van der Waals surface area contributed by atoms with Crippen molar-refractivity contribution >= 4 is 52.0 Å². The lowest BCUT2D eigenvalue weighted by molar-refractivity contribution is 0.000891.